The van der Waals surface area contributed by atoms with Crippen molar-refractivity contribution in [2.24, 2.45) is 0 Å². The van der Waals surface area contributed by atoms with Gasteiger partial charge < -0.3 is 4.98 Å². The SMILES string of the molecule is O=c1c2[nH]c(-c3cnn(-c4ccccc4)c3)cc2n(Cc2ccccc2F)c(=O)n1Cc1ccccc1F. The van der Waals surface area contributed by atoms with E-state index in [1.54, 1.807) is 47.4 Å². The van der Waals surface area contributed by atoms with E-state index in [1.165, 1.54) is 28.8 Å². The molecule has 7 nitrogen and oxygen atoms in total. The van der Waals surface area contributed by atoms with Gasteiger partial charge in [-0.2, -0.15) is 5.10 Å². The highest BCUT2D eigenvalue weighted by atomic mass is 19.1. The third-order valence-corrected chi connectivity index (χ3v) is 6.50. The number of hydrogen-bond acceptors (Lipinski definition) is 3. The van der Waals surface area contributed by atoms with Gasteiger partial charge in [-0.3, -0.25) is 13.9 Å². The zero-order valence-electron chi connectivity index (χ0n) is 20.0. The standard InChI is InChI=1S/C29H21F2N5O2/c30-23-12-6-4-8-19(23)16-34-26-14-25(21-15-32-36(18-21)22-10-2-1-3-11-22)33-27(26)28(37)35(29(34)38)17-20-9-5-7-13-24(20)31/h1-15,18,33H,16-17H2. The topological polar surface area (TPSA) is 77.6 Å². The van der Waals surface area contributed by atoms with Gasteiger partial charge in [0.2, 0.25) is 0 Å². The van der Waals surface area contributed by atoms with Gasteiger partial charge in [0, 0.05) is 22.9 Å². The Hall–Kier alpha value is -5.05. The minimum atomic E-state index is -0.667. The van der Waals surface area contributed by atoms with Crippen LogP contribution in [0.5, 0.6) is 0 Å². The zero-order chi connectivity index (χ0) is 26.2. The van der Waals surface area contributed by atoms with E-state index >= 15 is 0 Å². The van der Waals surface area contributed by atoms with Crippen molar-refractivity contribution >= 4 is 11.0 Å². The van der Waals surface area contributed by atoms with Crippen LogP contribution in [0.2, 0.25) is 0 Å². The summed E-state index contributed by atoms with van der Waals surface area (Å²) in [5, 5.41) is 4.41. The Bertz CT molecular complexity index is 1900. The number of nitrogens with zero attached hydrogens (tertiary/aromatic N) is 4. The van der Waals surface area contributed by atoms with Crippen molar-refractivity contribution in [2.75, 3.05) is 0 Å². The summed E-state index contributed by atoms with van der Waals surface area (Å²) < 4.78 is 33.0. The van der Waals surface area contributed by atoms with Crippen LogP contribution in [0.25, 0.3) is 28.0 Å². The lowest BCUT2D eigenvalue weighted by Crippen LogP contribution is -2.40. The van der Waals surface area contributed by atoms with Gasteiger partial charge in [0.05, 0.1) is 36.2 Å². The van der Waals surface area contributed by atoms with Crippen LogP contribution in [0, 0.1) is 11.6 Å². The molecule has 0 aliphatic carbocycles. The molecule has 0 aliphatic heterocycles. The molecule has 0 saturated carbocycles. The number of rotatable bonds is 6. The Kier molecular flexibility index (Phi) is 5.80. The summed E-state index contributed by atoms with van der Waals surface area (Å²) in [6.45, 7) is -0.377. The van der Waals surface area contributed by atoms with E-state index in [9.17, 15) is 18.4 Å². The van der Waals surface area contributed by atoms with Crippen LogP contribution in [-0.4, -0.2) is 23.9 Å². The molecule has 0 aliphatic rings. The maximum Gasteiger partial charge on any atom is 0.332 e. The molecule has 6 aromatic rings. The van der Waals surface area contributed by atoms with Crippen molar-refractivity contribution in [2.45, 2.75) is 13.1 Å². The fraction of sp³-hybridized carbons (Fsp3) is 0.0690. The lowest BCUT2D eigenvalue weighted by atomic mass is 10.2. The molecule has 9 heteroatoms. The number of para-hydroxylation sites is 1. The third kappa shape index (κ3) is 4.13. The van der Waals surface area contributed by atoms with Crippen LogP contribution in [0.15, 0.2) is 107 Å². The monoisotopic (exact) mass is 509 g/mol. The molecule has 3 aromatic heterocycles. The van der Waals surface area contributed by atoms with E-state index < -0.39 is 22.9 Å². The van der Waals surface area contributed by atoms with Crippen LogP contribution in [-0.2, 0) is 13.1 Å². The van der Waals surface area contributed by atoms with Crippen molar-refractivity contribution in [1.82, 2.24) is 23.9 Å². The fourth-order valence-corrected chi connectivity index (χ4v) is 4.52. The Morgan fingerprint density at radius 2 is 1.37 bits per heavy atom. The molecule has 0 saturated heterocycles. The minimum Gasteiger partial charge on any atom is -0.349 e. The predicted octanol–water partition coefficient (Wildman–Crippen LogP) is 4.72. The lowest BCUT2D eigenvalue weighted by molar-refractivity contribution is 0.568. The van der Waals surface area contributed by atoms with Crippen LogP contribution in [0.4, 0.5) is 8.78 Å². The molecule has 0 spiro atoms. The average Bonchev–Trinajstić information content (AvgIpc) is 3.60. The van der Waals surface area contributed by atoms with Gasteiger partial charge >= 0.3 is 5.69 Å². The van der Waals surface area contributed by atoms with Gasteiger partial charge in [-0.15, -0.1) is 0 Å². The number of aromatic amines is 1. The largest absolute Gasteiger partial charge is 0.349 e. The second-order valence-corrected chi connectivity index (χ2v) is 8.90. The van der Waals surface area contributed by atoms with Crippen molar-refractivity contribution in [3.8, 4) is 16.9 Å². The van der Waals surface area contributed by atoms with Crippen molar-refractivity contribution < 1.29 is 8.78 Å². The van der Waals surface area contributed by atoms with E-state index in [4.69, 9.17) is 0 Å². The molecule has 0 radical (unpaired) electrons. The van der Waals surface area contributed by atoms with E-state index in [1.807, 2.05) is 30.3 Å². The van der Waals surface area contributed by atoms with Gasteiger partial charge in [0.1, 0.15) is 17.2 Å². The first-order valence-electron chi connectivity index (χ1n) is 11.9. The Labute approximate surface area is 214 Å². The second kappa shape index (κ2) is 9.44. The number of hydrogen-bond donors (Lipinski definition) is 1. The smallest absolute Gasteiger partial charge is 0.332 e. The molecule has 0 atom stereocenters. The Morgan fingerprint density at radius 3 is 2.03 bits per heavy atom. The Morgan fingerprint density at radius 1 is 0.763 bits per heavy atom. The van der Waals surface area contributed by atoms with E-state index in [0.717, 1.165) is 10.3 Å². The summed E-state index contributed by atoms with van der Waals surface area (Å²) in [7, 11) is 0. The summed E-state index contributed by atoms with van der Waals surface area (Å²) >= 11 is 0. The van der Waals surface area contributed by atoms with Crippen LogP contribution >= 0.6 is 0 Å². The highest BCUT2D eigenvalue weighted by molar-refractivity contribution is 5.82. The van der Waals surface area contributed by atoms with Gasteiger partial charge in [0.15, 0.2) is 0 Å². The molecule has 38 heavy (non-hydrogen) atoms. The number of fused-ring (bicyclic) bond motifs is 1. The second-order valence-electron chi connectivity index (χ2n) is 8.90. The normalized spacial score (nSPS) is 11.3. The summed E-state index contributed by atoms with van der Waals surface area (Å²) in [6.07, 6.45) is 3.45. The zero-order valence-corrected chi connectivity index (χ0v) is 20.0. The molecule has 188 valence electrons. The molecule has 6 rings (SSSR count). The number of benzene rings is 3. The summed E-state index contributed by atoms with van der Waals surface area (Å²) in [5.74, 6) is -1.00. The number of nitrogens with one attached hydrogen (secondary N) is 1. The van der Waals surface area contributed by atoms with E-state index in [2.05, 4.69) is 10.1 Å². The van der Waals surface area contributed by atoms with Crippen LogP contribution in [0.1, 0.15) is 11.1 Å². The lowest BCUT2D eigenvalue weighted by Gasteiger charge is -2.13. The molecule has 0 fully saturated rings. The molecular formula is C29H21F2N5O2. The first kappa shape index (κ1) is 23.4. The number of aromatic nitrogens is 5. The summed E-state index contributed by atoms with van der Waals surface area (Å²) in [4.78, 5) is 30.2. The summed E-state index contributed by atoms with van der Waals surface area (Å²) in [6, 6.07) is 23.3. The number of H-pyrrole nitrogens is 1. The maximum atomic E-state index is 14.6. The molecule has 3 heterocycles. The molecule has 0 amide bonds. The van der Waals surface area contributed by atoms with Gasteiger partial charge in [-0.25, -0.2) is 18.3 Å². The molecule has 3 aromatic carbocycles. The van der Waals surface area contributed by atoms with Crippen molar-refractivity contribution in [3.05, 3.63) is 141 Å². The molecular weight excluding hydrogens is 488 g/mol. The first-order chi connectivity index (χ1) is 18.5. The maximum absolute atomic E-state index is 14.6. The quantitative estimate of drug-likeness (QED) is 0.353. The highest BCUT2D eigenvalue weighted by Crippen LogP contribution is 2.24. The third-order valence-electron chi connectivity index (χ3n) is 6.50. The van der Waals surface area contributed by atoms with E-state index in [0.29, 0.717) is 16.8 Å². The fourth-order valence-electron chi connectivity index (χ4n) is 4.52. The van der Waals surface area contributed by atoms with Crippen molar-refractivity contribution in [3.63, 3.8) is 0 Å². The minimum absolute atomic E-state index is 0.111. The molecule has 0 bridgehead atoms. The number of halogens is 2. The van der Waals surface area contributed by atoms with E-state index in [-0.39, 0.29) is 29.7 Å². The highest BCUT2D eigenvalue weighted by Gasteiger charge is 2.19. The van der Waals surface area contributed by atoms with Gasteiger partial charge in [-0.1, -0.05) is 54.6 Å². The Balaban J connectivity index is 1.53. The van der Waals surface area contributed by atoms with Crippen LogP contribution in [0.3, 0.4) is 0 Å². The van der Waals surface area contributed by atoms with Crippen molar-refractivity contribution in [1.29, 1.82) is 0 Å². The first-order valence-corrected chi connectivity index (χ1v) is 11.9. The van der Waals surface area contributed by atoms with Gasteiger partial charge in [0.25, 0.3) is 5.56 Å². The average molecular weight is 510 g/mol. The molecule has 0 unspecified atom stereocenters. The van der Waals surface area contributed by atoms with Gasteiger partial charge in [-0.05, 0) is 30.3 Å². The van der Waals surface area contributed by atoms with Crippen LogP contribution < -0.4 is 11.2 Å². The summed E-state index contributed by atoms with van der Waals surface area (Å²) in [5.41, 5.74) is 1.79. The predicted molar refractivity (Wildman–Crippen MR) is 140 cm³/mol. The molecule has 1 N–H and O–H groups in total.